The van der Waals surface area contributed by atoms with Gasteiger partial charge in [-0.15, -0.1) is 22.7 Å². The highest BCUT2D eigenvalue weighted by atomic mass is 79.9. The van der Waals surface area contributed by atoms with Gasteiger partial charge in [-0.3, -0.25) is 4.79 Å². The molecule has 0 fully saturated rings. The monoisotopic (exact) mass is 1400 g/mol. The van der Waals surface area contributed by atoms with Crippen LogP contribution in [0.2, 0.25) is 0 Å². The van der Waals surface area contributed by atoms with E-state index in [4.69, 9.17) is 70.1 Å². The second-order valence-electron chi connectivity index (χ2n) is 18.3. The molecule has 24 heteroatoms. The maximum atomic E-state index is 11.4. The van der Waals surface area contributed by atoms with Crippen LogP contribution in [0.25, 0.3) is 22.5 Å². The molecule has 0 aliphatic heterocycles. The van der Waals surface area contributed by atoms with Crippen molar-refractivity contribution in [2.24, 2.45) is 5.73 Å². The zero-order valence-electron chi connectivity index (χ0n) is 50.6. The molecule has 0 aliphatic rings. The molecule has 0 spiro atoms. The van der Waals surface area contributed by atoms with E-state index in [9.17, 15) is 19.2 Å². The number of carbonyl (C=O) groups excluding carboxylic acids is 4. The molecule has 0 radical (unpaired) electrons. The van der Waals surface area contributed by atoms with E-state index in [1.54, 1.807) is 107 Å². The molecule has 0 amide bonds. The first-order valence-corrected chi connectivity index (χ1v) is 31.3. The fourth-order valence-electron chi connectivity index (χ4n) is 7.40. The van der Waals surface area contributed by atoms with Crippen LogP contribution in [0.5, 0.6) is 51.7 Å². The van der Waals surface area contributed by atoms with E-state index in [0.717, 1.165) is 70.3 Å². The summed E-state index contributed by atoms with van der Waals surface area (Å²) in [6, 6.07) is 38.8. The lowest BCUT2D eigenvalue weighted by Crippen LogP contribution is -2.17. The Hall–Kier alpha value is -8.29. The van der Waals surface area contributed by atoms with Crippen LogP contribution in [0, 0.1) is 20.8 Å². The van der Waals surface area contributed by atoms with Gasteiger partial charge in [0, 0.05) is 22.1 Å². The Labute approximate surface area is 547 Å². The number of carbonyl (C=O) groups is 4. The maximum Gasteiger partial charge on any atom is 0.344 e. The van der Waals surface area contributed by atoms with Crippen molar-refractivity contribution < 1.29 is 76.0 Å². The molecule has 19 nitrogen and oxygen atoms in total. The number of nitrogens with two attached hydrogens (primary N) is 1. The van der Waals surface area contributed by atoms with Gasteiger partial charge >= 0.3 is 17.9 Å². The largest absolute Gasteiger partial charge is 0.497 e. The molecule has 8 rings (SSSR count). The van der Waals surface area contributed by atoms with Crippen LogP contribution in [-0.2, 0) is 41.8 Å². The lowest BCUT2D eigenvalue weighted by atomic mass is 10.1. The van der Waals surface area contributed by atoms with Gasteiger partial charge in [0.05, 0.1) is 62.2 Å². The minimum atomic E-state index is -0.428. The standard InChI is InChI=1S/C22H22BrNO5S.C22H23NO5S.C12H15NO4S.C9H9BrO2/c1-4-27-20(25)13-29-18-10-9-17(11-14(18)2)28-12-19-24-21(22(23)30-19)15-5-7-16(26-3)8-6-15;1-4-26-22(24)13-28-20-10-9-18(11-15(20)2)27-12-21-23-19(14-29-21)16-5-7-17(25-3)8-6-16;1-8-5-9(16-6-11(13)18)3-4-10(8)17-7-12(14)15-2;1-12-8-4-2-7(3-5-8)9(11)6-10/h5-11H,4,12-13H2,1-3H3;5-11,14H,4,12-13H2,1-3H3;3-5H,6-7H2,1-2H3,(H2,13,18);2-5H,6H2,1H3. The second-order valence-corrected chi connectivity index (χ2v) is 22.7. The molecule has 0 saturated heterocycles. The molecule has 2 heterocycles. The lowest BCUT2D eigenvalue weighted by molar-refractivity contribution is -0.146. The van der Waals surface area contributed by atoms with Gasteiger partial charge in [0.2, 0.25) is 0 Å². The van der Waals surface area contributed by atoms with Crippen LogP contribution in [0.3, 0.4) is 0 Å². The predicted octanol–water partition coefficient (Wildman–Crippen LogP) is 13.5. The minimum Gasteiger partial charge on any atom is -0.497 e. The second kappa shape index (κ2) is 38.2. The van der Waals surface area contributed by atoms with Crippen LogP contribution >= 0.6 is 66.8 Å². The van der Waals surface area contributed by atoms with Crippen molar-refractivity contribution >= 4 is 95.4 Å². The summed E-state index contributed by atoms with van der Waals surface area (Å²) < 4.78 is 63.9. The van der Waals surface area contributed by atoms with E-state index in [1.165, 1.54) is 18.4 Å². The molecular weight excluding hydrogens is 1330 g/mol. The molecule has 2 aromatic heterocycles. The molecule has 89 heavy (non-hydrogen) atoms. The van der Waals surface area contributed by atoms with Gasteiger partial charge in [0.15, 0.2) is 25.6 Å². The summed E-state index contributed by atoms with van der Waals surface area (Å²) in [6.45, 7) is 10.4. The van der Waals surface area contributed by atoms with Gasteiger partial charge in [-0.2, -0.15) is 0 Å². The minimum absolute atomic E-state index is 0.0812. The first-order valence-electron chi connectivity index (χ1n) is 27.3. The van der Waals surface area contributed by atoms with Crippen molar-refractivity contribution in [3.05, 3.63) is 169 Å². The Bertz CT molecular complexity index is 3550. The van der Waals surface area contributed by atoms with Gasteiger partial charge < -0.3 is 62.6 Å². The van der Waals surface area contributed by atoms with Crippen LogP contribution in [0.1, 0.15) is 50.9 Å². The van der Waals surface area contributed by atoms with Crippen LogP contribution < -0.4 is 48.4 Å². The van der Waals surface area contributed by atoms with Crippen LogP contribution in [-0.4, -0.2) is 112 Å². The van der Waals surface area contributed by atoms with Crippen molar-refractivity contribution in [2.75, 3.05) is 73.4 Å². The Kier molecular flexibility index (Phi) is 30.7. The van der Waals surface area contributed by atoms with Gasteiger partial charge in [0.1, 0.15) is 86.6 Å². The number of alkyl halides is 1. The van der Waals surface area contributed by atoms with Crippen molar-refractivity contribution in [1.29, 1.82) is 0 Å². The van der Waals surface area contributed by atoms with E-state index in [-0.39, 0.29) is 44.1 Å². The van der Waals surface area contributed by atoms with Gasteiger partial charge in [0.25, 0.3) is 0 Å². The molecule has 0 bridgehead atoms. The smallest absolute Gasteiger partial charge is 0.344 e. The van der Waals surface area contributed by atoms with Crippen molar-refractivity contribution in [3.63, 3.8) is 0 Å². The predicted molar refractivity (Wildman–Crippen MR) is 353 cm³/mol. The van der Waals surface area contributed by atoms with Crippen LogP contribution in [0.15, 0.2) is 137 Å². The lowest BCUT2D eigenvalue weighted by Gasteiger charge is -2.10. The average molecular weight is 1400 g/mol. The Morgan fingerprint density at radius 2 is 0.933 bits per heavy atom. The summed E-state index contributed by atoms with van der Waals surface area (Å²) in [6.07, 6.45) is 0. The number of benzene rings is 6. The molecule has 0 unspecified atom stereocenters. The number of esters is 3. The maximum absolute atomic E-state index is 11.4. The topological polar surface area (TPSA) is 231 Å². The number of aromatic nitrogens is 2. The Balaban J connectivity index is 0.000000228. The number of halogens is 2. The van der Waals surface area contributed by atoms with Crippen molar-refractivity contribution in [2.45, 2.75) is 47.8 Å². The average Bonchev–Trinajstić information content (AvgIpc) is 2.55. The summed E-state index contributed by atoms with van der Waals surface area (Å²) in [5.74, 6) is 5.17. The van der Waals surface area contributed by atoms with Crippen molar-refractivity contribution in [3.8, 4) is 74.3 Å². The Morgan fingerprint density at radius 3 is 1.35 bits per heavy atom. The number of rotatable bonds is 27. The number of ketones is 1. The highest BCUT2D eigenvalue weighted by Crippen LogP contribution is 2.35. The molecule has 0 saturated carbocycles. The number of hydrogen-bond donors (Lipinski definition) is 1. The zero-order valence-corrected chi connectivity index (χ0v) is 56.2. The highest BCUT2D eigenvalue weighted by molar-refractivity contribution is 9.11. The number of nitrogens with zero attached hydrogens (tertiary/aromatic N) is 2. The first kappa shape index (κ1) is 71.5. The van der Waals surface area contributed by atoms with Gasteiger partial charge in [-0.05, 0) is 195 Å². The molecule has 8 aromatic rings. The Morgan fingerprint density at radius 1 is 0.517 bits per heavy atom. The number of Topliss-reactive ketones (excluding diaryl/α,β-unsaturated/α-hetero) is 1. The summed E-state index contributed by atoms with van der Waals surface area (Å²) in [5.41, 5.74) is 12.5. The van der Waals surface area contributed by atoms with Gasteiger partial charge in [-0.25, -0.2) is 24.4 Å². The molecule has 0 atom stereocenters. The highest BCUT2D eigenvalue weighted by Gasteiger charge is 2.15. The van der Waals surface area contributed by atoms with E-state index in [1.807, 2.05) is 92.9 Å². The third-order valence-electron chi connectivity index (χ3n) is 11.9. The van der Waals surface area contributed by atoms with Gasteiger partial charge in [-0.1, -0.05) is 28.1 Å². The molecule has 0 aliphatic carbocycles. The molecular formula is C65H69Br2N3O16S3. The van der Waals surface area contributed by atoms with E-state index in [0.29, 0.717) is 76.8 Å². The van der Waals surface area contributed by atoms with E-state index >= 15 is 0 Å². The third-order valence-corrected chi connectivity index (χ3v) is 15.0. The number of hydrogen-bond acceptors (Lipinski definition) is 21. The summed E-state index contributed by atoms with van der Waals surface area (Å²) in [5, 5.41) is 4.11. The number of methoxy groups -OCH3 is 4. The number of thiazole rings is 2. The fraction of sp³-hybridized carbons (Fsp3) is 0.277. The fourth-order valence-corrected chi connectivity index (χ4v) is 10.1. The van der Waals surface area contributed by atoms with Crippen LogP contribution in [0.4, 0.5) is 0 Å². The molecule has 2 N–H and O–H groups in total. The number of aryl methyl sites for hydroxylation is 3. The molecule has 472 valence electrons. The van der Waals surface area contributed by atoms with E-state index in [2.05, 4.69) is 46.6 Å². The summed E-state index contributed by atoms with van der Waals surface area (Å²) >= 11 is 14.5. The van der Waals surface area contributed by atoms with Crippen molar-refractivity contribution in [1.82, 2.24) is 9.97 Å². The molecule has 6 aromatic carbocycles. The number of thiocarbonyl (C=S) groups is 1. The quantitative estimate of drug-likeness (QED) is 0.0166. The number of ether oxygens (including phenoxy) is 12. The summed E-state index contributed by atoms with van der Waals surface area (Å²) in [7, 11) is 6.20. The first-order chi connectivity index (χ1) is 42.9. The zero-order chi connectivity index (χ0) is 64.7. The van der Waals surface area contributed by atoms with E-state index < -0.39 is 5.97 Å². The SMILES string of the molecule is CCOC(=O)COc1ccc(OCc2nc(-c3ccc(OC)cc3)c(Br)s2)cc1C.CCOC(=O)COc1ccc(OCc2nc(-c3ccc(OC)cc3)cs2)cc1C.COC(=O)COc1ccc(OCC(N)=S)cc1C.COc1ccc(C(=O)CBr)cc1. The third kappa shape index (κ3) is 24.7. The summed E-state index contributed by atoms with van der Waals surface area (Å²) in [4.78, 5) is 54.5. The normalized spacial score (nSPS) is 10.2.